The van der Waals surface area contributed by atoms with Crippen molar-refractivity contribution in [3.8, 4) is 0 Å². The van der Waals surface area contributed by atoms with Gasteiger partial charge in [0.15, 0.2) is 0 Å². The Hall–Kier alpha value is -0.290. The molecule has 0 aromatic heterocycles. The van der Waals surface area contributed by atoms with Gasteiger partial charge in [-0.15, -0.1) is 23.5 Å². The Balaban J connectivity index is 2.09. The molecule has 1 aliphatic heterocycles. The highest BCUT2D eigenvalue weighted by Crippen LogP contribution is 2.38. The maximum absolute atomic E-state index is 12.0. The number of hydrogen-bond donors (Lipinski definition) is 3. The van der Waals surface area contributed by atoms with E-state index in [9.17, 15) is 23.7 Å². The molecule has 1 aromatic carbocycles. The molecule has 0 amide bonds. The summed E-state index contributed by atoms with van der Waals surface area (Å²) in [6.45, 7) is 0. The molecule has 2 rings (SSSR count). The number of sulfonamides is 1. The maximum atomic E-state index is 12.0. The van der Waals surface area contributed by atoms with Crippen LogP contribution in [0.3, 0.4) is 0 Å². The van der Waals surface area contributed by atoms with Crippen LogP contribution in [0.2, 0.25) is 0 Å². The van der Waals surface area contributed by atoms with Gasteiger partial charge in [0.1, 0.15) is 12.2 Å². The molecule has 0 spiro atoms. The van der Waals surface area contributed by atoms with Crippen LogP contribution in [0.4, 0.5) is 0 Å². The van der Waals surface area contributed by atoms with Crippen molar-refractivity contribution in [2.24, 2.45) is 0 Å². The molecule has 3 N–H and O–H groups in total. The van der Waals surface area contributed by atoms with Gasteiger partial charge in [-0.3, -0.25) is 0 Å². The fourth-order valence-corrected chi connectivity index (χ4v) is 5.47. The lowest BCUT2D eigenvalue weighted by Gasteiger charge is -2.34. The van der Waals surface area contributed by atoms with Gasteiger partial charge in [-0.25, -0.2) is 12.7 Å². The van der Waals surface area contributed by atoms with Crippen molar-refractivity contribution in [3.05, 3.63) is 24.3 Å². The standard InChI is InChI=1S/C13H19NO5S3/c1-14(2)22(18,19)9-5-3-8(4-6-9)21-13-12(17)11(16)10(15)7-20-13/h3-6,10-13,15-17H,7H2,1-2H3/t10-,11+,12-,13+/m1/s1. The van der Waals surface area contributed by atoms with Crippen LogP contribution < -0.4 is 0 Å². The maximum Gasteiger partial charge on any atom is 0.242 e. The van der Waals surface area contributed by atoms with Crippen LogP contribution in [0.25, 0.3) is 0 Å². The summed E-state index contributed by atoms with van der Waals surface area (Å²) in [6, 6.07) is 6.38. The van der Waals surface area contributed by atoms with E-state index < -0.39 is 28.3 Å². The zero-order chi connectivity index (χ0) is 16.5. The molecule has 0 bridgehead atoms. The minimum absolute atomic E-state index is 0.203. The van der Waals surface area contributed by atoms with Gasteiger partial charge in [-0.2, -0.15) is 0 Å². The third-order valence-corrected chi connectivity index (χ3v) is 8.03. The summed E-state index contributed by atoms with van der Waals surface area (Å²) in [4.78, 5) is 0.993. The van der Waals surface area contributed by atoms with Crippen molar-refractivity contribution in [3.63, 3.8) is 0 Å². The van der Waals surface area contributed by atoms with Crippen LogP contribution >= 0.6 is 23.5 Å². The normalized spacial score (nSPS) is 29.7. The van der Waals surface area contributed by atoms with Gasteiger partial charge in [-0.05, 0) is 24.3 Å². The second-order valence-corrected chi connectivity index (χ2v) is 9.97. The summed E-state index contributed by atoms with van der Waals surface area (Å²) >= 11 is 2.71. The minimum Gasteiger partial charge on any atom is -0.389 e. The Morgan fingerprint density at radius 1 is 1.14 bits per heavy atom. The van der Waals surface area contributed by atoms with E-state index in [1.165, 1.54) is 49.8 Å². The van der Waals surface area contributed by atoms with Gasteiger partial charge in [0.05, 0.1) is 15.6 Å². The van der Waals surface area contributed by atoms with Gasteiger partial charge in [0.2, 0.25) is 10.0 Å². The van der Waals surface area contributed by atoms with E-state index in [1.54, 1.807) is 12.1 Å². The molecule has 124 valence electrons. The minimum atomic E-state index is -3.46. The van der Waals surface area contributed by atoms with Gasteiger partial charge >= 0.3 is 0 Å². The smallest absolute Gasteiger partial charge is 0.242 e. The van der Waals surface area contributed by atoms with Crippen molar-refractivity contribution < 1.29 is 23.7 Å². The molecule has 9 heteroatoms. The Bertz CT molecular complexity index is 605. The molecule has 1 heterocycles. The van der Waals surface area contributed by atoms with E-state index in [4.69, 9.17) is 0 Å². The molecule has 0 unspecified atom stereocenters. The number of nitrogens with zero attached hydrogens (tertiary/aromatic N) is 1. The predicted octanol–water partition coefficient (Wildman–Crippen LogP) is 0.185. The quantitative estimate of drug-likeness (QED) is 0.700. The van der Waals surface area contributed by atoms with Crippen molar-refractivity contribution in [2.45, 2.75) is 32.7 Å². The van der Waals surface area contributed by atoms with Crippen LogP contribution in [0.1, 0.15) is 0 Å². The van der Waals surface area contributed by atoms with Crippen LogP contribution in [-0.4, -0.2) is 70.8 Å². The molecule has 0 radical (unpaired) electrons. The molecule has 1 aliphatic rings. The zero-order valence-electron chi connectivity index (χ0n) is 12.2. The lowest BCUT2D eigenvalue weighted by atomic mass is 10.1. The fourth-order valence-electron chi connectivity index (χ4n) is 1.92. The number of aliphatic hydroxyl groups excluding tert-OH is 3. The highest BCUT2D eigenvalue weighted by Gasteiger charge is 2.37. The first kappa shape index (κ1) is 18.1. The van der Waals surface area contributed by atoms with E-state index in [0.717, 1.165) is 9.20 Å². The number of hydrogen-bond acceptors (Lipinski definition) is 7. The van der Waals surface area contributed by atoms with E-state index >= 15 is 0 Å². The largest absolute Gasteiger partial charge is 0.389 e. The van der Waals surface area contributed by atoms with Crippen molar-refractivity contribution in [1.29, 1.82) is 0 Å². The lowest BCUT2D eigenvalue weighted by molar-refractivity contribution is -0.0474. The summed E-state index contributed by atoms with van der Waals surface area (Å²) in [6.07, 6.45) is -3.12. The molecule has 6 nitrogen and oxygen atoms in total. The fraction of sp³-hybridized carbons (Fsp3) is 0.538. The highest BCUT2D eigenvalue weighted by atomic mass is 32.2. The Morgan fingerprint density at radius 2 is 1.73 bits per heavy atom. The molecule has 1 saturated heterocycles. The lowest BCUT2D eigenvalue weighted by Crippen LogP contribution is -2.47. The van der Waals surface area contributed by atoms with Crippen LogP contribution in [0.5, 0.6) is 0 Å². The molecule has 0 saturated carbocycles. The second-order valence-electron chi connectivity index (χ2n) is 5.13. The van der Waals surface area contributed by atoms with Crippen LogP contribution in [0, 0.1) is 0 Å². The van der Waals surface area contributed by atoms with Crippen molar-refractivity contribution in [1.82, 2.24) is 4.31 Å². The Labute approximate surface area is 138 Å². The zero-order valence-corrected chi connectivity index (χ0v) is 14.6. The topological polar surface area (TPSA) is 98.1 Å². The summed E-state index contributed by atoms with van der Waals surface area (Å²) in [5, 5.41) is 29.2. The van der Waals surface area contributed by atoms with Gasteiger partial charge in [-0.1, -0.05) is 0 Å². The number of thioether (sulfide) groups is 2. The molecule has 1 fully saturated rings. The average molecular weight is 365 g/mol. The summed E-state index contributed by atoms with van der Waals surface area (Å²) < 4.78 is 24.8. The first-order valence-corrected chi connectivity index (χ1v) is 9.95. The van der Waals surface area contributed by atoms with E-state index in [0.29, 0.717) is 5.75 Å². The van der Waals surface area contributed by atoms with Crippen molar-refractivity contribution in [2.75, 3.05) is 19.8 Å². The third kappa shape index (κ3) is 3.78. The van der Waals surface area contributed by atoms with Gasteiger partial charge in [0, 0.05) is 24.7 Å². The van der Waals surface area contributed by atoms with Gasteiger partial charge < -0.3 is 15.3 Å². The van der Waals surface area contributed by atoms with E-state index in [1.807, 2.05) is 0 Å². The number of aliphatic hydroxyl groups is 3. The third-order valence-electron chi connectivity index (χ3n) is 3.31. The molecule has 22 heavy (non-hydrogen) atoms. The summed E-state index contributed by atoms with van der Waals surface area (Å²) in [5.41, 5.74) is 0. The van der Waals surface area contributed by atoms with Crippen LogP contribution in [0.15, 0.2) is 34.1 Å². The molecular weight excluding hydrogens is 346 g/mol. The first-order valence-electron chi connectivity index (χ1n) is 6.58. The molecule has 4 atom stereocenters. The summed E-state index contributed by atoms with van der Waals surface area (Å²) in [7, 11) is -0.513. The Kier molecular flexibility index (Phi) is 5.81. The first-order chi connectivity index (χ1) is 10.2. The van der Waals surface area contributed by atoms with Gasteiger partial charge in [0.25, 0.3) is 0 Å². The van der Waals surface area contributed by atoms with E-state index in [2.05, 4.69) is 0 Å². The van der Waals surface area contributed by atoms with Crippen molar-refractivity contribution >= 4 is 33.5 Å². The monoisotopic (exact) mass is 365 g/mol. The summed E-state index contributed by atoms with van der Waals surface area (Å²) in [5.74, 6) is 0.350. The molecule has 1 aromatic rings. The Morgan fingerprint density at radius 3 is 2.27 bits per heavy atom. The predicted molar refractivity (Wildman–Crippen MR) is 87.4 cm³/mol. The highest BCUT2D eigenvalue weighted by molar-refractivity contribution is 8.17. The number of benzene rings is 1. The average Bonchev–Trinajstić information content (AvgIpc) is 2.48. The van der Waals surface area contributed by atoms with Crippen LogP contribution in [-0.2, 0) is 10.0 Å². The molecule has 0 aliphatic carbocycles. The SMILES string of the molecule is CN(C)S(=O)(=O)c1ccc(S[C@@H]2SC[C@@H](O)[C@H](O)[C@H]2O)cc1. The van der Waals surface area contributed by atoms with E-state index in [-0.39, 0.29) is 9.48 Å². The molecular formula is C13H19NO5S3. The second kappa shape index (κ2) is 7.08. The number of rotatable bonds is 4.